The number of nitrogens with one attached hydrogen (secondary N) is 2. The number of nitrogens with zero attached hydrogens (tertiary/aromatic N) is 2. The summed E-state index contributed by atoms with van der Waals surface area (Å²) in [4.78, 5) is 8.76. The number of rotatable bonds is 6. The quantitative estimate of drug-likeness (QED) is 0.294. The number of aliphatic imine (C=N–C) groups is 1. The standard InChI is InChI=1S/C22H23FN4O.HI/c1-24-21(26-15-22(11-12-22)18-9-5-6-10-19(18)23)25-13-17-14-28-20(27-17)16-7-3-2-4-8-16;/h2-10,14H,11-13,15H2,1H3,(H2,24,25,26);1H. The smallest absolute Gasteiger partial charge is 0.226 e. The van der Waals surface area contributed by atoms with Gasteiger partial charge in [-0.2, -0.15) is 0 Å². The lowest BCUT2D eigenvalue weighted by molar-refractivity contribution is 0.559. The second kappa shape index (κ2) is 9.39. The first-order valence-electron chi connectivity index (χ1n) is 9.39. The van der Waals surface area contributed by atoms with Crippen molar-refractivity contribution in [2.45, 2.75) is 24.8 Å². The summed E-state index contributed by atoms with van der Waals surface area (Å²) >= 11 is 0. The second-order valence-corrected chi connectivity index (χ2v) is 7.05. The van der Waals surface area contributed by atoms with Crippen LogP contribution in [0.2, 0.25) is 0 Å². The Balaban J connectivity index is 0.00000240. The Labute approximate surface area is 186 Å². The first-order chi connectivity index (χ1) is 13.7. The normalized spacial score (nSPS) is 14.8. The minimum Gasteiger partial charge on any atom is -0.444 e. The highest BCUT2D eigenvalue weighted by atomic mass is 127. The Kier molecular flexibility index (Phi) is 6.89. The molecule has 1 aliphatic rings. The summed E-state index contributed by atoms with van der Waals surface area (Å²) in [5.41, 5.74) is 2.37. The number of oxazole rings is 1. The van der Waals surface area contributed by atoms with Gasteiger partial charge in [-0.25, -0.2) is 9.37 Å². The van der Waals surface area contributed by atoms with Crippen LogP contribution in [0.4, 0.5) is 4.39 Å². The van der Waals surface area contributed by atoms with E-state index in [-0.39, 0.29) is 35.2 Å². The Morgan fingerprint density at radius 3 is 2.52 bits per heavy atom. The van der Waals surface area contributed by atoms with Crippen LogP contribution in [0.3, 0.4) is 0 Å². The molecule has 0 saturated heterocycles. The molecule has 5 nitrogen and oxygen atoms in total. The molecule has 0 amide bonds. The summed E-state index contributed by atoms with van der Waals surface area (Å²) in [6, 6.07) is 16.8. The molecule has 7 heteroatoms. The Bertz CT molecular complexity index is 970. The van der Waals surface area contributed by atoms with Gasteiger partial charge >= 0.3 is 0 Å². The molecule has 1 aliphatic carbocycles. The number of hydrogen-bond acceptors (Lipinski definition) is 3. The minimum absolute atomic E-state index is 0. The predicted octanol–water partition coefficient (Wildman–Crippen LogP) is 4.50. The van der Waals surface area contributed by atoms with Crippen LogP contribution >= 0.6 is 24.0 Å². The van der Waals surface area contributed by atoms with Gasteiger partial charge in [-0.15, -0.1) is 24.0 Å². The third kappa shape index (κ3) is 4.95. The van der Waals surface area contributed by atoms with Crippen molar-refractivity contribution in [3.05, 3.63) is 77.9 Å². The van der Waals surface area contributed by atoms with Gasteiger partial charge in [0.1, 0.15) is 12.1 Å². The van der Waals surface area contributed by atoms with E-state index in [2.05, 4.69) is 20.6 Å². The molecule has 3 aromatic rings. The molecule has 29 heavy (non-hydrogen) atoms. The summed E-state index contributed by atoms with van der Waals surface area (Å²) in [5, 5.41) is 6.56. The van der Waals surface area contributed by atoms with Crippen LogP contribution in [0.25, 0.3) is 11.5 Å². The molecule has 1 heterocycles. The monoisotopic (exact) mass is 506 g/mol. The fourth-order valence-electron chi connectivity index (χ4n) is 3.33. The second-order valence-electron chi connectivity index (χ2n) is 7.05. The first kappa shape index (κ1) is 21.3. The van der Waals surface area contributed by atoms with E-state index in [1.165, 1.54) is 6.07 Å². The number of guanidine groups is 1. The molecule has 0 unspecified atom stereocenters. The molecule has 0 spiro atoms. The van der Waals surface area contributed by atoms with Gasteiger partial charge in [-0.3, -0.25) is 4.99 Å². The summed E-state index contributed by atoms with van der Waals surface area (Å²) in [7, 11) is 1.72. The van der Waals surface area contributed by atoms with Crippen molar-refractivity contribution in [1.82, 2.24) is 15.6 Å². The van der Waals surface area contributed by atoms with E-state index in [1.807, 2.05) is 42.5 Å². The molecule has 1 aromatic heterocycles. The Morgan fingerprint density at radius 2 is 1.83 bits per heavy atom. The van der Waals surface area contributed by atoms with Crippen LogP contribution in [0, 0.1) is 5.82 Å². The molecular formula is C22H24FIN4O. The summed E-state index contributed by atoms with van der Waals surface area (Å²) in [6.07, 6.45) is 3.59. The molecule has 4 rings (SSSR count). The van der Waals surface area contributed by atoms with Gasteiger partial charge in [-0.1, -0.05) is 36.4 Å². The molecule has 2 aromatic carbocycles. The highest BCUT2D eigenvalue weighted by Gasteiger charge is 2.45. The molecule has 0 bridgehead atoms. The lowest BCUT2D eigenvalue weighted by atomic mass is 9.95. The minimum atomic E-state index is -0.142. The SMILES string of the molecule is CN=C(NCc1coc(-c2ccccc2)n1)NCC1(c2ccccc2F)CC1.I. The van der Waals surface area contributed by atoms with Gasteiger partial charge in [0.05, 0.1) is 12.2 Å². The zero-order chi connectivity index (χ0) is 19.4. The van der Waals surface area contributed by atoms with Crippen molar-refractivity contribution in [2.75, 3.05) is 13.6 Å². The van der Waals surface area contributed by atoms with E-state index in [0.717, 1.165) is 29.7 Å². The zero-order valence-electron chi connectivity index (χ0n) is 16.2. The van der Waals surface area contributed by atoms with E-state index >= 15 is 0 Å². The third-order valence-corrected chi connectivity index (χ3v) is 5.13. The van der Waals surface area contributed by atoms with Gasteiger partial charge in [0.15, 0.2) is 5.96 Å². The maximum Gasteiger partial charge on any atom is 0.226 e. The maximum atomic E-state index is 14.2. The fraction of sp³-hybridized carbons (Fsp3) is 0.273. The van der Waals surface area contributed by atoms with Crippen molar-refractivity contribution >= 4 is 29.9 Å². The lowest BCUT2D eigenvalue weighted by Crippen LogP contribution is -2.41. The van der Waals surface area contributed by atoms with E-state index in [0.29, 0.717) is 24.9 Å². The van der Waals surface area contributed by atoms with Gasteiger partial charge < -0.3 is 15.1 Å². The van der Waals surface area contributed by atoms with Crippen LogP contribution in [0.15, 0.2) is 70.3 Å². The van der Waals surface area contributed by atoms with E-state index in [4.69, 9.17) is 4.42 Å². The Morgan fingerprint density at radius 1 is 1.10 bits per heavy atom. The van der Waals surface area contributed by atoms with Crippen molar-refractivity contribution in [3.8, 4) is 11.5 Å². The van der Waals surface area contributed by atoms with Crippen molar-refractivity contribution in [1.29, 1.82) is 0 Å². The number of halogens is 2. The van der Waals surface area contributed by atoms with Crippen LogP contribution in [-0.2, 0) is 12.0 Å². The van der Waals surface area contributed by atoms with E-state index in [9.17, 15) is 4.39 Å². The summed E-state index contributed by atoms with van der Waals surface area (Å²) in [5.74, 6) is 1.12. The van der Waals surface area contributed by atoms with Gasteiger partial charge in [0.2, 0.25) is 5.89 Å². The third-order valence-electron chi connectivity index (χ3n) is 5.13. The highest BCUT2D eigenvalue weighted by molar-refractivity contribution is 14.0. The largest absolute Gasteiger partial charge is 0.444 e. The molecule has 1 saturated carbocycles. The number of hydrogen-bond donors (Lipinski definition) is 2. The predicted molar refractivity (Wildman–Crippen MR) is 123 cm³/mol. The van der Waals surface area contributed by atoms with Crippen molar-refractivity contribution in [2.24, 2.45) is 4.99 Å². The van der Waals surface area contributed by atoms with Gasteiger partial charge in [0.25, 0.3) is 0 Å². The molecule has 0 radical (unpaired) electrons. The van der Waals surface area contributed by atoms with Crippen LogP contribution in [-0.4, -0.2) is 24.5 Å². The van der Waals surface area contributed by atoms with Crippen molar-refractivity contribution in [3.63, 3.8) is 0 Å². The number of aromatic nitrogens is 1. The van der Waals surface area contributed by atoms with E-state index in [1.54, 1.807) is 19.4 Å². The zero-order valence-corrected chi connectivity index (χ0v) is 18.5. The van der Waals surface area contributed by atoms with Gasteiger partial charge in [0, 0.05) is 24.6 Å². The van der Waals surface area contributed by atoms with Crippen molar-refractivity contribution < 1.29 is 8.81 Å². The molecule has 152 valence electrons. The molecule has 1 fully saturated rings. The fourth-order valence-corrected chi connectivity index (χ4v) is 3.33. The van der Waals surface area contributed by atoms with Crippen LogP contribution in [0.5, 0.6) is 0 Å². The van der Waals surface area contributed by atoms with Crippen LogP contribution < -0.4 is 10.6 Å². The topological polar surface area (TPSA) is 62.5 Å². The highest BCUT2D eigenvalue weighted by Crippen LogP contribution is 2.48. The van der Waals surface area contributed by atoms with Crippen LogP contribution in [0.1, 0.15) is 24.1 Å². The molecular weight excluding hydrogens is 482 g/mol. The molecule has 0 aliphatic heterocycles. The lowest BCUT2D eigenvalue weighted by Gasteiger charge is -2.19. The summed E-state index contributed by atoms with van der Waals surface area (Å²) in [6.45, 7) is 1.13. The van der Waals surface area contributed by atoms with E-state index < -0.39 is 0 Å². The Hall–Kier alpha value is -2.42. The molecule has 0 atom stereocenters. The summed E-state index contributed by atoms with van der Waals surface area (Å²) < 4.78 is 19.7. The maximum absolute atomic E-state index is 14.2. The van der Waals surface area contributed by atoms with Gasteiger partial charge in [-0.05, 0) is 36.6 Å². The molecule has 2 N–H and O–H groups in total. The average molecular weight is 506 g/mol. The first-order valence-corrected chi connectivity index (χ1v) is 9.39. The average Bonchev–Trinajstić information content (AvgIpc) is 3.37. The number of benzene rings is 2.